The molecule has 0 fully saturated rings. The number of ether oxygens (including phenoxy) is 3. The van der Waals surface area contributed by atoms with Crippen LogP contribution >= 0.6 is 24.0 Å². The van der Waals surface area contributed by atoms with E-state index in [4.69, 9.17) is 14.2 Å². The largest absolute Gasteiger partial charge is 0.493 e. The minimum Gasteiger partial charge on any atom is -0.493 e. The molecule has 0 saturated carbocycles. The van der Waals surface area contributed by atoms with Gasteiger partial charge in [-0.2, -0.15) is 0 Å². The van der Waals surface area contributed by atoms with Crippen molar-refractivity contribution in [3.05, 3.63) is 23.8 Å². The van der Waals surface area contributed by atoms with Crippen molar-refractivity contribution in [2.75, 3.05) is 40.0 Å². The highest BCUT2D eigenvalue weighted by Crippen LogP contribution is 2.28. The third-order valence-corrected chi connectivity index (χ3v) is 3.20. The molecule has 0 aliphatic rings. The predicted molar refractivity (Wildman–Crippen MR) is 114 cm³/mol. The van der Waals surface area contributed by atoms with Crippen molar-refractivity contribution >= 4 is 29.9 Å². The number of halogens is 1. The molecule has 0 aliphatic heterocycles. The lowest BCUT2D eigenvalue weighted by Crippen LogP contribution is -2.39. The van der Waals surface area contributed by atoms with Crippen molar-refractivity contribution in [3.8, 4) is 11.5 Å². The number of aliphatic imine (C=N–C) groups is 1. The van der Waals surface area contributed by atoms with Gasteiger partial charge in [0.25, 0.3) is 0 Å². The molecule has 0 aliphatic carbocycles. The Morgan fingerprint density at radius 2 is 1.88 bits per heavy atom. The van der Waals surface area contributed by atoms with E-state index >= 15 is 0 Å². The van der Waals surface area contributed by atoms with E-state index in [0.29, 0.717) is 19.8 Å². The molecular weight excluding hydrogens is 433 g/mol. The Morgan fingerprint density at radius 3 is 2.52 bits per heavy atom. The summed E-state index contributed by atoms with van der Waals surface area (Å²) in [6, 6.07) is 5.92. The molecule has 0 unspecified atom stereocenters. The van der Waals surface area contributed by atoms with Gasteiger partial charge in [0.1, 0.15) is 0 Å². The number of nitrogens with zero attached hydrogens (tertiary/aromatic N) is 1. The lowest BCUT2D eigenvalue weighted by molar-refractivity contribution is 0.152. The second-order valence-electron chi connectivity index (χ2n) is 5.15. The van der Waals surface area contributed by atoms with Crippen LogP contribution in [-0.4, -0.2) is 46.0 Å². The molecule has 0 atom stereocenters. The van der Waals surface area contributed by atoms with Crippen molar-refractivity contribution in [1.82, 2.24) is 10.6 Å². The first-order chi connectivity index (χ1) is 11.7. The fraction of sp³-hybridized carbons (Fsp3) is 0.611. The third kappa shape index (κ3) is 9.74. The number of nitrogens with one attached hydrogen (secondary N) is 2. The van der Waals surface area contributed by atoms with Gasteiger partial charge in [-0.25, -0.2) is 4.99 Å². The molecule has 144 valence electrons. The zero-order valence-corrected chi connectivity index (χ0v) is 18.1. The molecule has 0 radical (unpaired) electrons. The molecule has 1 aromatic carbocycles. The van der Waals surface area contributed by atoms with E-state index in [1.807, 2.05) is 32.0 Å². The maximum absolute atomic E-state index is 5.67. The average Bonchev–Trinajstić information content (AvgIpc) is 2.61. The average molecular weight is 465 g/mol. The fourth-order valence-corrected chi connectivity index (χ4v) is 2.04. The van der Waals surface area contributed by atoms with Crippen LogP contribution in [0.15, 0.2) is 23.2 Å². The third-order valence-electron chi connectivity index (χ3n) is 3.20. The van der Waals surface area contributed by atoms with Gasteiger partial charge in [0, 0.05) is 19.7 Å². The van der Waals surface area contributed by atoms with Crippen LogP contribution in [-0.2, 0) is 11.3 Å². The summed E-state index contributed by atoms with van der Waals surface area (Å²) in [6.45, 7) is 10.3. The van der Waals surface area contributed by atoms with Gasteiger partial charge in [0.2, 0.25) is 0 Å². The fourth-order valence-electron chi connectivity index (χ4n) is 2.04. The van der Waals surface area contributed by atoms with Gasteiger partial charge >= 0.3 is 0 Å². The molecule has 0 spiro atoms. The van der Waals surface area contributed by atoms with E-state index in [9.17, 15) is 0 Å². The Bertz CT molecular complexity index is 498. The number of hydrogen-bond acceptors (Lipinski definition) is 4. The van der Waals surface area contributed by atoms with E-state index in [1.54, 1.807) is 7.11 Å². The smallest absolute Gasteiger partial charge is 0.191 e. The summed E-state index contributed by atoms with van der Waals surface area (Å²) < 4.78 is 16.4. The van der Waals surface area contributed by atoms with Crippen LogP contribution in [0.5, 0.6) is 11.5 Å². The van der Waals surface area contributed by atoms with Gasteiger partial charge in [0.15, 0.2) is 17.5 Å². The molecule has 0 heterocycles. The van der Waals surface area contributed by atoms with Gasteiger partial charge in [0.05, 0.1) is 26.9 Å². The van der Waals surface area contributed by atoms with Gasteiger partial charge in [-0.05, 0) is 38.0 Å². The highest BCUT2D eigenvalue weighted by molar-refractivity contribution is 14.0. The molecular formula is C18H32IN3O3. The Kier molecular flexibility index (Phi) is 14.3. The van der Waals surface area contributed by atoms with Crippen LogP contribution in [0.4, 0.5) is 0 Å². The van der Waals surface area contributed by atoms with Crippen molar-refractivity contribution in [2.45, 2.75) is 33.7 Å². The Hall–Kier alpha value is -1.22. The minimum absolute atomic E-state index is 0. The molecule has 25 heavy (non-hydrogen) atoms. The molecule has 7 heteroatoms. The van der Waals surface area contributed by atoms with Crippen LogP contribution in [0.2, 0.25) is 0 Å². The Morgan fingerprint density at radius 1 is 1.08 bits per heavy atom. The van der Waals surface area contributed by atoms with Crippen molar-refractivity contribution in [3.63, 3.8) is 0 Å². The van der Waals surface area contributed by atoms with E-state index in [0.717, 1.165) is 49.1 Å². The highest BCUT2D eigenvalue weighted by atomic mass is 127. The first kappa shape index (κ1) is 23.8. The number of rotatable bonds is 11. The van der Waals surface area contributed by atoms with Gasteiger partial charge < -0.3 is 24.8 Å². The first-order valence-electron chi connectivity index (χ1n) is 8.64. The van der Waals surface area contributed by atoms with Crippen molar-refractivity contribution in [1.29, 1.82) is 0 Å². The standard InChI is InChI=1S/C18H31N3O3.HI/c1-5-11-24-16-9-8-15(13-17(16)22-4)14-21-18(19-6-2)20-10-12-23-7-3;/h8-9,13H,5-7,10-12,14H2,1-4H3,(H2,19,20,21);1H. The zero-order chi connectivity index (χ0) is 17.6. The van der Waals surface area contributed by atoms with E-state index in [1.165, 1.54) is 0 Å². The van der Waals surface area contributed by atoms with E-state index in [2.05, 4.69) is 22.5 Å². The summed E-state index contributed by atoms with van der Waals surface area (Å²) in [6.07, 6.45) is 0.967. The van der Waals surface area contributed by atoms with E-state index in [-0.39, 0.29) is 24.0 Å². The first-order valence-corrected chi connectivity index (χ1v) is 8.64. The summed E-state index contributed by atoms with van der Waals surface area (Å²) in [5, 5.41) is 6.48. The minimum atomic E-state index is 0. The predicted octanol–water partition coefficient (Wildman–Crippen LogP) is 3.19. The molecule has 0 saturated heterocycles. The second kappa shape index (κ2) is 15.1. The van der Waals surface area contributed by atoms with Gasteiger partial charge in [-0.15, -0.1) is 24.0 Å². The van der Waals surface area contributed by atoms with E-state index < -0.39 is 0 Å². The molecule has 1 aromatic rings. The highest BCUT2D eigenvalue weighted by Gasteiger charge is 2.06. The maximum atomic E-state index is 5.67. The number of methoxy groups -OCH3 is 1. The quantitative estimate of drug-likeness (QED) is 0.228. The van der Waals surface area contributed by atoms with Crippen LogP contribution in [0, 0.1) is 0 Å². The maximum Gasteiger partial charge on any atom is 0.191 e. The number of hydrogen-bond donors (Lipinski definition) is 2. The molecule has 0 bridgehead atoms. The van der Waals surface area contributed by atoms with Crippen molar-refractivity contribution < 1.29 is 14.2 Å². The summed E-state index contributed by atoms with van der Waals surface area (Å²) in [4.78, 5) is 4.59. The van der Waals surface area contributed by atoms with Gasteiger partial charge in [-0.1, -0.05) is 13.0 Å². The van der Waals surface area contributed by atoms with Crippen LogP contribution in [0.25, 0.3) is 0 Å². The molecule has 6 nitrogen and oxygen atoms in total. The topological polar surface area (TPSA) is 64.1 Å². The molecule has 2 N–H and O–H groups in total. The summed E-state index contributed by atoms with van der Waals surface area (Å²) >= 11 is 0. The lowest BCUT2D eigenvalue weighted by atomic mass is 10.2. The summed E-state index contributed by atoms with van der Waals surface area (Å²) in [5.41, 5.74) is 1.07. The lowest BCUT2D eigenvalue weighted by Gasteiger charge is -2.13. The molecule has 0 aromatic heterocycles. The van der Waals surface area contributed by atoms with Crippen molar-refractivity contribution in [2.24, 2.45) is 4.99 Å². The van der Waals surface area contributed by atoms with Crippen LogP contribution in [0.1, 0.15) is 32.8 Å². The Balaban J connectivity index is 0.00000576. The molecule has 0 amide bonds. The number of guanidine groups is 1. The van der Waals surface area contributed by atoms with Gasteiger partial charge in [-0.3, -0.25) is 0 Å². The SMILES string of the molecule is CCCOc1ccc(CN=C(NCC)NCCOCC)cc1OC.I. The van der Waals surface area contributed by atoms with Crippen LogP contribution < -0.4 is 20.1 Å². The summed E-state index contributed by atoms with van der Waals surface area (Å²) in [7, 11) is 1.65. The molecule has 1 rings (SSSR count). The number of benzene rings is 1. The Labute approximate surface area is 168 Å². The monoisotopic (exact) mass is 465 g/mol. The summed E-state index contributed by atoms with van der Waals surface area (Å²) in [5.74, 6) is 2.29. The zero-order valence-electron chi connectivity index (χ0n) is 15.8. The van der Waals surface area contributed by atoms with Crippen LogP contribution in [0.3, 0.4) is 0 Å². The normalized spacial score (nSPS) is 10.8. The second-order valence-corrected chi connectivity index (χ2v) is 5.15.